The first-order chi connectivity index (χ1) is 9.40. The van der Waals surface area contributed by atoms with E-state index in [4.69, 9.17) is 5.84 Å². The Morgan fingerprint density at radius 1 is 1.15 bits per heavy atom. The van der Waals surface area contributed by atoms with Gasteiger partial charge in [0.2, 0.25) is 5.96 Å². The number of hydrogen-bond donors (Lipinski definition) is 3. The van der Waals surface area contributed by atoms with E-state index in [9.17, 15) is 0 Å². The highest BCUT2D eigenvalue weighted by molar-refractivity contribution is 5.80. The van der Waals surface area contributed by atoms with Crippen molar-refractivity contribution in [2.75, 3.05) is 6.54 Å². The zero-order valence-electron chi connectivity index (χ0n) is 13.3. The molecule has 4 N–H and O–H groups in total. The van der Waals surface area contributed by atoms with E-state index in [1.165, 1.54) is 38.5 Å². The van der Waals surface area contributed by atoms with Crippen LogP contribution in [0.2, 0.25) is 0 Å². The zero-order chi connectivity index (χ0) is 14.4. The molecule has 0 aromatic heterocycles. The number of hydrogen-bond acceptors (Lipinski definition) is 2. The average molecular weight is 278 g/mol. The summed E-state index contributed by atoms with van der Waals surface area (Å²) < 4.78 is 0. The third-order valence-corrected chi connectivity index (χ3v) is 5.64. The fourth-order valence-corrected chi connectivity index (χ4v) is 6.18. The quantitative estimate of drug-likeness (QED) is 0.322. The van der Waals surface area contributed by atoms with E-state index in [-0.39, 0.29) is 5.54 Å². The molecule has 0 aliphatic heterocycles. The van der Waals surface area contributed by atoms with Crippen LogP contribution in [0.1, 0.15) is 65.7 Å². The van der Waals surface area contributed by atoms with Gasteiger partial charge in [-0.3, -0.25) is 10.4 Å². The van der Waals surface area contributed by atoms with Gasteiger partial charge in [0, 0.05) is 12.1 Å². The number of nitrogens with one attached hydrogen (secondary N) is 2. The van der Waals surface area contributed by atoms with Crippen LogP contribution in [0, 0.1) is 16.7 Å². The Balaban J connectivity index is 1.82. The molecule has 4 heteroatoms. The van der Waals surface area contributed by atoms with Crippen molar-refractivity contribution in [3.8, 4) is 0 Å². The van der Waals surface area contributed by atoms with Gasteiger partial charge < -0.3 is 5.32 Å². The summed E-state index contributed by atoms with van der Waals surface area (Å²) in [7, 11) is 0. The van der Waals surface area contributed by atoms with Crippen LogP contribution in [0.25, 0.3) is 0 Å². The molecule has 0 amide bonds. The van der Waals surface area contributed by atoms with Crippen molar-refractivity contribution in [2.45, 2.75) is 71.3 Å². The minimum Gasteiger partial charge on any atom is -0.350 e. The van der Waals surface area contributed by atoms with E-state index in [1.807, 2.05) is 0 Å². The van der Waals surface area contributed by atoms with E-state index in [0.717, 1.165) is 24.8 Å². The van der Waals surface area contributed by atoms with E-state index in [0.29, 0.717) is 10.8 Å². The minimum atomic E-state index is 0.224. The molecule has 4 saturated carbocycles. The third kappa shape index (κ3) is 2.43. The van der Waals surface area contributed by atoms with Crippen LogP contribution < -0.4 is 16.6 Å². The van der Waals surface area contributed by atoms with Crippen molar-refractivity contribution < 1.29 is 0 Å². The number of rotatable bonds is 3. The molecule has 2 unspecified atom stereocenters. The molecule has 4 aliphatic rings. The molecule has 114 valence electrons. The molecule has 0 radical (unpaired) electrons. The molecule has 2 atom stereocenters. The number of aliphatic imine (C=N–C) groups is 1. The van der Waals surface area contributed by atoms with Crippen molar-refractivity contribution in [2.24, 2.45) is 27.6 Å². The first-order valence-corrected chi connectivity index (χ1v) is 8.19. The van der Waals surface area contributed by atoms with Crippen molar-refractivity contribution in [3.63, 3.8) is 0 Å². The van der Waals surface area contributed by atoms with Crippen molar-refractivity contribution in [1.82, 2.24) is 10.7 Å². The lowest BCUT2D eigenvalue weighted by molar-refractivity contribution is -0.112. The summed E-state index contributed by atoms with van der Waals surface area (Å²) in [5.41, 5.74) is 4.04. The lowest BCUT2D eigenvalue weighted by atomic mass is 9.43. The Kier molecular flexibility index (Phi) is 3.27. The molecule has 4 rings (SSSR count). The normalized spacial score (nSPS) is 46.6. The number of hydrazine groups is 1. The van der Waals surface area contributed by atoms with E-state index in [2.05, 4.69) is 36.5 Å². The van der Waals surface area contributed by atoms with Crippen molar-refractivity contribution in [3.05, 3.63) is 0 Å². The van der Waals surface area contributed by atoms with Crippen LogP contribution in [0.5, 0.6) is 0 Å². The molecular formula is C16H30N4. The maximum atomic E-state index is 5.67. The van der Waals surface area contributed by atoms with Gasteiger partial charge in [-0.1, -0.05) is 20.8 Å². The summed E-state index contributed by atoms with van der Waals surface area (Å²) in [5.74, 6) is 7.35. The van der Waals surface area contributed by atoms with E-state index < -0.39 is 0 Å². The standard InChI is InChI=1S/C16H30N4/c1-4-5-18-13(20-17)19-16-8-12-6-14(2,10-16)9-15(3,7-12)11-16/h12H,4-11,17H2,1-3H3,(H2,18,19,20). The Bertz CT molecular complexity index is 399. The summed E-state index contributed by atoms with van der Waals surface area (Å²) in [5, 5.41) is 3.71. The highest BCUT2D eigenvalue weighted by Crippen LogP contribution is 2.66. The van der Waals surface area contributed by atoms with Gasteiger partial charge in [0.1, 0.15) is 0 Å². The second kappa shape index (κ2) is 4.62. The van der Waals surface area contributed by atoms with Crippen LogP contribution in [-0.2, 0) is 0 Å². The predicted octanol–water partition coefficient (Wildman–Crippen LogP) is 2.55. The van der Waals surface area contributed by atoms with Gasteiger partial charge in [0.25, 0.3) is 0 Å². The fourth-order valence-electron chi connectivity index (χ4n) is 6.18. The van der Waals surface area contributed by atoms with Crippen LogP contribution >= 0.6 is 0 Å². The SMILES string of the molecule is CCCN=C(NN)NC12CC3CC(C)(CC(C)(C3)C1)C2. The molecule has 0 aromatic carbocycles. The topological polar surface area (TPSA) is 62.4 Å². The van der Waals surface area contributed by atoms with Crippen LogP contribution in [0.3, 0.4) is 0 Å². The smallest absolute Gasteiger partial charge is 0.206 e. The first kappa shape index (κ1) is 14.2. The Morgan fingerprint density at radius 2 is 1.80 bits per heavy atom. The molecule has 0 aromatic rings. The summed E-state index contributed by atoms with van der Waals surface area (Å²) in [6, 6.07) is 0. The van der Waals surface area contributed by atoms with Crippen molar-refractivity contribution >= 4 is 5.96 Å². The molecule has 20 heavy (non-hydrogen) atoms. The fraction of sp³-hybridized carbons (Fsp3) is 0.938. The Labute approximate surface area is 123 Å². The summed E-state index contributed by atoms with van der Waals surface area (Å²) >= 11 is 0. The van der Waals surface area contributed by atoms with Gasteiger partial charge in [-0.2, -0.15) is 0 Å². The zero-order valence-corrected chi connectivity index (χ0v) is 13.3. The first-order valence-electron chi connectivity index (χ1n) is 8.19. The van der Waals surface area contributed by atoms with Gasteiger partial charge in [0.15, 0.2) is 0 Å². The molecule has 4 nitrogen and oxygen atoms in total. The van der Waals surface area contributed by atoms with E-state index in [1.54, 1.807) is 0 Å². The maximum Gasteiger partial charge on any atom is 0.206 e. The van der Waals surface area contributed by atoms with Crippen LogP contribution in [0.15, 0.2) is 4.99 Å². The largest absolute Gasteiger partial charge is 0.350 e. The number of nitrogens with two attached hydrogens (primary N) is 1. The Hall–Kier alpha value is -0.770. The summed E-state index contributed by atoms with van der Waals surface area (Å²) in [4.78, 5) is 4.55. The molecule has 0 saturated heterocycles. The third-order valence-electron chi connectivity index (χ3n) is 5.64. The minimum absolute atomic E-state index is 0.224. The van der Waals surface area contributed by atoms with Gasteiger partial charge >= 0.3 is 0 Å². The predicted molar refractivity (Wildman–Crippen MR) is 83.2 cm³/mol. The second-order valence-corrected chi connectivity index (χ2v) is 8.41. The van der Waals surface area contributed by atoms with Gasteiger partial charge in [0.05, 0.1) is 0 Å². The lowest BCUT2D eigenvalue weighted by Crippen LogP contribution is -2.66. The van der Waals surface area contributed by atoms with Crippen molar-refractivity contribution in [1.29, 1.82) is 0 Å². The summed E-state index contributed by atoms with van der Waals surface area (Å²) in [6.07, 6.45) is 9.14. The highest BCUT2D eigenvalue weighted by atomic mass is 15.3. The molecule has 4 aliphatic carbocycles. The lowest BCUT2D eigenvalue weighted by Gasteiger charge is -2.65. The van der Waals surface area contributed by atoms with Gasteiger partial charge in [-0.25, -0.2) is 5.84 Å². The van der Waals surface area contributed by atoms with Gasteiger partial charge in [-0.05, 0) is 61.7 Å². The number of guanidine groups is 1. The second-order valence-electron chi connectivity index (χ2n) is 8.41. The van der Waals surface area contributed by atoms with Crippen LogP contribution in [-0.4, -0.2) is 18.0 Å². The molecule has 0 heterocycles. The monoisotopic (exact) mass is 278 g/mol. The average Bonchev–Trinajstić information content (AvgIpc) is 2.29. The van der Waals surface area contributed by atoms with Crippen LogP contribution in [0.4, 0.5) is 0 Å². The number of nitrogens with zero attached hydrogens (tertiary/aromatic N) is 1. The molecule has 0 spiro atoms. The molecule has 4 fully saturated rings. The molecule has 4 bridgehead atoms. The maximum absolute atomic E-state index is 5.67. The van der Waals surface area contributed by atoms with Gasteiger partial charge in [-0.15, -0.1) is 0 Å². The highest BCUT2D eigenvalue weighted by Gasteiger charge is 2.60. The summed E-state index contributed by atoms with van der Waals surface area (Å²) in [6.45, 7) is 7.96. The molecular weight excluding hydrogens is 248 g/mol. The Morgan fingerprint density at radius 3 is 2.30 bits per heavy atom. The van der Waals surface area contributed by atoms with E-state index >= 15 is 0 Å².